The van der Waals surface area contributed by atoms with E-state index in [1.54, 1.807) is 31.3 Å². The molecular formula is C18H13ClN4O2S. The Hall–Kier alpha value is -2.77. The highest BCUT2D eigenvalue weighted by atomic mass is 35.5. The quantitative estimate of drug-likeness (QED) is 0.571. The highest BCUT2D eigenvalue weighted by Crippen LogP contribution is 2.28. The summed E-state index contributed by atoms with van der Waals surface area (Å²) in [6, 6.07) is 10.8. The number of carbonyl (C=O) groups is 1. The minimum absolute atomic E-state index is 0.164. The predicted octanol–water partition coefficient (Wildman–Crippen LogP) is 3.76. The second-order valence-electron chi connectivity index (χ2n) is 5.91. The van der Waals surface area contributed by atoms with Crippen LogP contribution in [-0.4, -0.2) is 20.7 Å². The zero-order valence-electron chi connectivity index (χ0n) is 13.9. The highest BCUT2D eigenvalue weighted by molar-refractivity contribution is 7.22. The van der Waals surface area contributed by atoms with Crippen LogP contribution in [0.3, 0.4) is 0 Å². The van der Waals surface area contributed by atoms with E-state index < -0.39 is 11.3 Å². The molecule has 2 heterocycles. The van der Waals surface area contributed by atoms with Crippen molar-refractivity contribution in [3.8, 4) is 0 Å². The number of thiazole rings is 1. The molecule has 1 amide bonds. The molecule has 0 spiro atoms. The second-order valence-corrected chi connectivity index (χ2v) is 7.37. The molecule has 0 aliphatic heterocycles. The van der Waals surface area contributed by atoms with Crippen LogP contribution in [0, 0.1) is 6.92 Å². The standard InChI is InChI=1S/C18H13ClN4O2S/c1-9-3-6-13-11(7-9)16(24)15(22-23(13)2)17(25)21-18-20-12-5-4-10(19)8-14(12)26-18/h3-8H,1-2H3,(H,20,21,25). The van der Waals surface area contributed by atoms with Crippen molar-refractivity contribution in [2.24, 2.45) is 7.05 Å². The Morgan fingerprint density at radius 2 is 2.04 bits per heavy atom. The van der Waals surface area contributed by atoms with Crippen LogP contribution in [0.1, 0.15) is 16.1 Å². The zero-order valence-corrected chi connectivity index (χ0v) is 15.5. The molecule has 0 aliphatic carbocycles. The minimum Gasteiger partial charge on any atom is -0.296 e. The summed E-state index contributed by atoms with van der Waals surface area (Å²) in [6.45, 7) is 1.89. The topological polar surface area (TPSA) is 76.9 Å². The van der Waals surface area contributed by atoms with Crippen LogP contribution in [0.4, 0.5) is 5.13 Å². The lowest BCUT2D eigenvalue weighted by molar-refractivity contribution is 0.101. The summed E-state index contributed by atoms with van der Waals surface area (Å²) in [5.41, 5.74) is 1.78. The van der Waals surface area contributed by atoms with Gasteiger partial charge < -0.3 is 0 Å². The van der Waals surface area contributed by atoms with Gasteiger partial charge in [0.05, 0.1) is 21.1 Å². The fourth-order valence-corrected chi connectivity index (χ4v) is 3.88. The second kappa shape index (κ2) is 6.19. The van der Waals surface area contributed by atoms with E-state index in [1.807, 2.05) is 19.1 Å². The molecule has 0 radical (unpaired) electrons. The number of fused-ring (bicyclic) bond motifs is 2. The SMILES string of the molecule is Cc1ccc2c(c1)c(=O)c(C(=O)Nc1nc3ccc(Cl)cc3s1)nn2C. The van der Waals surface area contributed by atoms with Gasteiger partial charge in [0.1, 0.15) is 0 Å². The number of hydrogen-bond donors (Lipinski definition) is 1. The van der Waals surface area contributed by atoms with E-state index in [-0.39, 0.29) is 5.69 Å². The molecule has 130 valence electrons. The Labute approximate surface area is 157 Å². The van der Waals surface area contributed by atoms with Crippen molar-refractivity contribution in [2.45, 2.75) is 6.92 Å². The number of nitrogens with one attached hydrogen (secondary N) is 1. The molecule has 0 fully saturated rings. The Kier molecular flexibility index (Phi) is 3.97. The van der Waals surface area contributed by atoms with Crippen molar-refractivity contribution < 1.29 is 4.79 Å². The van der Waals surface area contributed by atoms with E-state index in [0.29, 0.717) is 21.1 Å². The summed E-state index contributed by atoms with van der Waals surface area (Å²) in [7, 11) is 1.70. The van der Waals surface area contributed by atoms with Gasteiger partial charge in [-0.25, -0.2) is 4.98 Å². The van der Waals surface area contributed by atoms with E-state index in [4.69, 9.17) is 11.6 Å². The van der Waals surface area contributed by atoms with Gasteiger partial charge in [-0.1, -0.05) is 34.6 Å². The molecule has 8 heteroatoms. The van der Waals surface area contributed by atoms with Crippen molar-refractivity contribution in [2.75, 3.05) is 5.32 Å². The van der Waals surface area contributed by atoms with Crippen LogP contribution in [0.15, 0.2) is 41.2 Å². The molecule has 0 bridgehead atoms. The van der Waals surface area contributed by atoms with Gasteiger partial charge in [0.15, 0.2) is 10.8 Å². The smallest absolute Gasteiger partial charge is 0.281 e. The largest absolute Gasteiger partial charge is 0.296 e. The molecule has 2 aromatic carbocycles. The third-order valence-corrected chi connectivity index (χ3v) is 5.17. The average Bonchev–Trinajstić information content (AvgIpc) is 2.99. The van der Waals surface area contributed by atoms with Crippen LogP contribution in [0.25, 0.3) is 21.1 Å². The molecule has 0 saturated heterocycles. The molecule has 6 nitrogen and oxygen atoms in total. The number of aromatic nitrogens is 3. The lowest BCUT2D eigenvalue weighted by Gasteiger charge is -2.08. The Morgan fingerprint density at radius 1 is 1.23 bits per heavy atom. The maximum atomic E-state index is 12.7. The van der Waals surface area contributed by atoms with E-state index in [0.717, 1.165) is 15.8 Å². The first-order valence-corrected chi connectivity index (χ1v) is 8.97. The minimum atomic E-state index is -0.584. The lowest BCUT2D eigenvalue weighted by Crippen LogP contribution is -2.26. The highest BCUT2D eigenvalue weighted by Gasteiger charge is 2.18. The van der Waals surface area contributed by atoms with E-state index in [1.165, 1.54) is 16.0 Å². The first kappa shape index (κ1) is 16.7. The number of halogens is 1. The van der Waals surface area contributed by atoms with Gasteiger partial charge in [-0.2, -0.15) is 5.10 Å². The molecule has 0 saturated carbocycles. The molecule has 0 atom stereocenters. The molecule has 0 unspecified atom stereocenters. The first-order valence-electron chi connectivity index (χ1n) is 7.77. The van der Waals surface area contributed by atoms with Crippen LogP contribution >= 0.6 is 22.9 Å². The van der Waals surface area contributed by atoms with Gasteiger partial charge in [0, 0.05) is 12.1 Å². The maximum Gasteiger partial charge on any atom is 0.281 e. The molecule has 4 rings (SSSR count). The predicted molar refractivity (Wildman–Crippen MR) is 104 cm³/mol. The number of rotatable bonds is 2. The van der Waals surface area contributed by atoms with Gasteiger partial charge in [-0.05, 0) is 37.3 Å². The molecule has 4 aromatic rings. The van der Waals surface area contributed by atoms with Crippen LogP contribution in [-0.2, 0) is 7.05 Å². The van der Waals surface area contributed by atoms with Crippen molar-refractivity contribution >= 4 is 55.1 Å². The third kappa shape index (κ3) is 2.85. The number of benzene rings is 2. The number of amides is 1. The molecule has 0 aliphatic rings. The molecule has 26 heavy (non-hydrogen) atoms. The van der Waals surface area contributed by atoms with Crippen LogP contribution in [0.2, 0.25) is 5.02 Å². The number of hydrogen-bond acceptors (Lipinski definition) is 5. The molecule has 2 aromatic heterocycles. The number of aryl methyl sites for hydroxylation is 2. The van der Waals surface area contributed by atoms with Crippen molar-refractivity contribution in [1.29, 1.82) is 0 Å². The maximum absolute atomic E-state index is 12.7. The Morgan fingerprint density at radius 3 is 2.85 bits per heavy atom. The summed E-state index contributed by atoms with van der Waals surface area (Å²) in [4.78, 5) is 29.7. The lowest BCUT2D eigenvalue weighted by atomic mass is 10.1. The van der Waals surface area contributed by atoms with Crippen LogP contribution in [0.5, 0.6) is 0 Å². The van der Waals surface area contributed by atoms with Crippen molar-refractivity contribution in [3.63, 3.8) is 0 Å². The molecule has 1 N–H and O–H groups in total. The number of nitrogens with zero attached hydrogens (tertiary/aromatic N) is 3. The first-order chi connectivity index (χ1) is 12.4. The Balaban J connectivity index is 1.75. The Bertz CT molecular complexity index is 1250. The van der Waals surface area contributed by atoms with Gasteiger partial charge in [-0.3, -0.25) is 19.6 Å². The fourth-order valence-electron chi connectivity index (χ4n) is 2.75. The van der Waals surface area contributed by atoms with Gasteiger partial charge in [-0.15, -0.1) is 0 Å². The third-order valence-electron chi connectivity index (χ3n) is 4.00. The monoisotopic (exact) mass is 384 g/mol. The van der Waals surface area contributed by atoms with Crippen LogP contribution < -0.4 is 10.7 Å². The molecular weight excluding hydrogens is 372 g/mol. The summed E-state index contributed by atoms with van der Waals surface area (Å²) >= 11 is 7.26. The van der Waals surface area contributed by atoms with E-state index >= 15 is 0 Å². The van der Waals surface area contributed by atoms with E-state index in [2.05, 4.69) is 15.4 Å². The fraction of sp³-hybridized carbons (Fsp3) is 0.111. The average molecular weight is 385 g/mol. The van der Waals surface area contributed by atoms with Gasteiger partial charge in [0.25, 0.3) is 5.91 Å². The van der Waals surface area contributed by atoms with Crippen molar-refractivity contribution in [3.05, 3.63) is 62.9 Å². The summed E-state index contributed by atoms with van der Waals surface area (Å²) in [6.07, 6.45) is 0. The summed E-state index contributed by atoms with van der Waals surface area (Å²) in [5.74, 6) is -0.584. The van der Waals surface area contributed by atoms with E-state index in [9.17, 15) is 9.59 Å². The summed E-state index contributed by atoms with van der Waals surface area (Å²) in [5, 5.41) is 8.25. The normalized spacial score (nSPS) is 11.2. The number of carbonyl (C=O) groups excluding carboxylic acids is 1. The van der Waals surface area contributed by atoms with Gasteiger partial charge >= 0.3 is 0 Å². The summed E-state index contributed by atoms with van der Waals surface area (Å²) < 4.78 is 2.38. The zero-order chi connectivity index (χ0) is 18.4. The van der Waals surface area contributed by atoms with Gasteiger partial charge in [0.2, 0.25) is 5.43 Å². The van der Waals surface area contributed by atoms with Crippen molar-refractivity contribution in [1.82, 2.24) is 14.8 Å². The number of anilines is 1.